The Hall–Kier alpha value is -2.02. The molecule has 2 aromatic carbocycles. The number of allylic oxidation sites excluding steroid dienone is 2. The molecular formula is C20H23N. The molecule has 0 amide bonds. The third-order valence-corrected chi connectivity index (χ3v) is 4.38. The van der Waals surface area contributed by atoms with Crippen molar-refractivity contribution in [2.24, 2.45) is 0 Å². The number of hydrogen-bond acceptors (Lipinski definition) is 1. The van der Waals surface area contributed by atoms with Gasteiger partial charge in [0.15, 0.2) is 0 Å². The molecule has 0 spiro atoms. The van der Waals surface area contributed by atoms with Gasteiger partial charge in [0.1, 0.15) is 0 Å². The van der Waals surface area contributed by atoms with Gasteiger partial charge in [0, 0.05) is 17.8 Å². The molecule has 2 aromatic rings. The van der Waals surface area contributed by atoms with E-state index in [9.17, 15) is 0 Å². The van der Waals surface area contributed by atoms with Crippen LogP contribution in [0.25, 0.3) is 0 Å². The van der Waals surface area contributed by atoms with Gasteiger partial charge in [-0.05, 0) is 61.1 Å². The standard InChI is InChI=1S/C20H23N/c1-4-14(3)10-16-7-9-18-13-17-8-6-15(5-2)11-19(17)21-20(18)12-16/h4,6-9,11-12,21H,5,10,13H2,1-3H3. The summed E-state index contributed by atoms with van der Waals surface area (Å²) < 4.78 is 0. The highest BCUT2D eigenvalue weighted by Gasteiger charge is 2.15. The quantitative estimate of drug-likeness (QED) is 0.631. The predicted octanol–water partition coefficient (Wildman–Crippen LogP) is 5.41. The van der Waals surface area contributed by atoms with Crippen molar-refractivity contribution in [3.05, 3.63) is 70.3 Å². The van der Waals surface area contributed by atoms with Crippen molar-refractivity contribution in [2.75, 3.05) is 5.32 Å². The molecule has 0 aromatic heterocycles. The molecule has 1 aliphatic heterocycles. The van der Waals surface area contributed by atoms with Crippen LogP contribution < -0.4 is 5.32 Å². The highest BCUT2D eigenvalue weighted by molar-refractivity contribution is 5.72. The molecule has 0 saturated carbocycles. The number of anilines is 2. The second kappa shape index (κ2) is 5.77. The molecule has 0 bridgehead atoms. The highest BCUT2D eigenvalue weighted by atomic mass is 14.9. The van der Waals surface area contributed by atoms with Gasteiger partial charge in [0.25, 0.3) is 0 Å². The normalized spacial score (nSPS) is 13.4. The van der Waals surface area contributed by atoms with Crippen molar-refractivity contribution in [3.8, 4) is 0 Å². The first-order valence-corrected chi connectivity index (χ1v) is 7.82. The first-order valence-electron chi connectivity index (χ1n) is 7.82. The van der Waals surface area contributed by atoms with E-state index < -0.39 is 0 Å². The third kappa shape index (κ3) is 2.87. The van der Waals surface area contributed by atoms with Gasteiger partial charge in [-0.25, -0.2) is 0 Å². The molecular weight excluding hydrogens is 254 g/mol. The molecule has 1 aliphatic rings. The Kier molecular flexibility index (Phi) is 3.83. The summed E-state index contributed by atoms with van der Waals surface area (Å²) in [5, 5.41) is 3.63. The zero-order chi connectivity index (χ0) is 14.8. The minimum absolute atomic E-state index is 1.03. The Morgan fingerprint density at radius 3 is 2.29 bits per heavy atom. The van der Waals surface area contributed by atoms with E-state index in [1.54, 1.807) is 0 Å². The Morgan fingerprint density at radius 2 is 1.67 bits per heavy atom. The lowest BCUT2D eigenvalue weighted by atomic mass is 9.93. The van der Waals surface area contributed by atoms with Gasteiger partial charge in [0.05, 0.1) is 0 Å². The van der Waals surface area contributed by atoms with Crippen LogP contribution in [0.1, 0.15) is 43.0 Å². The average molecular weight is 277 g/mol. The van der Waals surface area contributed by atoms with Crippen LogP contribution in [0.2, 0.25) is 0 Å². The molecule has 0 radical (unpaired) electrons. The molecule has 0 fully saturated rings. The van der Waals surface area contributed by atoms with Crippen molar-refractivity contribution < 1.29 is 0 Å². The maximum atomic E-state index is 3.63. The van der Waals surface area contributed by atoms with Gasteiger partial charge in [0.2, 0.25) is 0 Å². The van der Waals surface area contributed by atoms with E-state index >= 15 is 0 Å². The van der Waals surface area contributed by atoms with E-state index in [0.29, 0.717) is 0 Å². The Bertz CT molecular complexity index is 695. The van der Waals surface area contributed by atoms with E-state index in [4.69, 9.17) is 0 Å². The predicted molar refractivity (Wildman–Crippen MR) is 91.5 cm³/mol. The summed E-state index contributed by atoms with van der Waals surface area (Å²) >= 11 is 0. The summed E-state index contributed by atoms with van der Waals surface area (Å²) in [5.41, 5.74) is 9.54. The van der Waals surface area contributed by atoms with Crippen LogP contribution in [0, 0.1) is 0 Å². The fourth-order valence-corrected chi connectivity index (χ4v) is 2.89. The molecule has 108 valence electrons. The van der Waals surface area contributed by atoms with Gasteiger partial charge in [-0.1, -0.05) is 42.8 Å². The van der Waals surface area contributed by atoms with Crippen molar-refractivity contribution in [2.45, 2.75) is 40.0 Å². The molecule has 3 rings (SSSR count). The monoisotopic (exact) mass is 277 g/mol. The minimum Gasteiger partial charge on any atom is -0.355 e. The number of nitrogens with one attached hydrogen (secondary N) is 1. The minimum atomic E-state index is 1.03. The molecule has 0 saturated heterocycles. The lowest BCUT2D eigenvalue weighted by molar-refractivity contribution is 1.09. The first kappa shape index (κ1) is 13.9. The van der Waals surface area contributed by atoms with E-state index in [0.717, 1.165) is 19.3 Å². The highest BCUT2D eigenvalue weighted by Crippen LogP contribution is 2.34. The summed E-state index contributed by atoms with van der Waals surface area (Å²) in [6, 6.07) is 13.7. The molecule has 1 heterocycles. The van der Waals surface area contributed by atoms with E-state index in [-0.39, 0.29) is 0 Å². The summed E-state index contributed by atoms with van der Waals surface area (Å²) in [4.78, 5) is 0. The van der Waals surface area contributed by atoms with Gasteiger partial charge >= 0.3 is 0 Å². The lowest BCUT2D eigenvalue weighted by Gasteiger charge is -2.23. The first-order chi connectivity index (χ1) is 10.2. The molecule has 1 N–H and O–H groups in total. The van der Waals surface area contributed by atoms with Crippen LogP contribution in [0.4, 0.5) is 11.4 Å². The Labute approximate surface area is 127 Å². The lowest BCUT2D eigenvalue weighted by Crippen LogP contribution is -2.08. The zero-order valence-corrected chi connectivity index (χ0v) is 13.2. The largest absolute Gasteiger partial charge is 0.355 e. The van der Waals surface area contributed by atoms with Crippen molar-refractivity contribution in [1.82, 2.24) is 0 Å². The number of fused-ring (bicyclic) bond motifs is 2. The van der Waals surface area contributed by atoms with Crippen molar-refractivity contribution in [3.63, 3.8) is 0 Å². The topological polar surface area (TPSA) is 12.0 Å². The second-order valence-electron chi connectivity index (χ2n) is 5.95. The molecule has 21 heavy (non-hydrogen) atoms. The summed E-state index contributed by atoms with van der Waals surface area (Å²) in [7, 11) is 0. The average Bonchev–Trinajstić information content (AvgIpc) is 2.52. The molecule has 0 atom stereocenters. The maximum absolute atomic E-state index is 3.63. The molecule has 1 heteroatoms. The molecule has 1 nitrogen and oxygen atoms in total. The second-order valence-corrected chi connectivity index (χ2v) is 5.95. The van der Waals surface area contributed by atoms with Crippen LogP contribution >= 0.6 is 0 Å². The van der Waals surface area contributed by atoms with Gasteiger partial charge in [-0.2, -0.15) is 0 Å². The van der Waals surface area contributed by atoms with Crippen molar-refractivity contribution >= 4 is 11.4 Å². The SMILES string of the molecule is CC=C(C)Cc1ccc2c(c1)Nc1cc(CC)ccc1C2. The van der Waals surface area contributed by atoms with Crippen LogP contribution in [-0.2, 0) is 19.3 Å². The molecule has 0 aliphatic carbocycles. The van der Waals surface area contributed by atoms with Gasteiger partial charge < -0.3 is 5.32 Å². The van der Waals surface area contributed by atoms with Crippen LogP contribution in [0.15, 0.2) is 48.0 Å². The fourth-order valence-electron chi connectivity index (χ4n) is 2.89. The Balaban J connectivity index is 1.91. The third-order valence-electron chi connectivity index (χ3n) is 4.38. The summed E-state index contributed by atoms with van der Waals surface area (Å²) in [6.45, 7) is 6.50. The summed E-state index contributed by atoms with van der Waals surface area (Å²) in [6.07, 6.45) is 5.34. The van der Waals surface area contributed by atoms with Crippen molar-refractivity contribution in [1.29, 1.82) is 0 Å². The number of rotatable bonds is 3. The van der Waals surface area contributed by atoms with Gasteiger partial charge in [-0.15, -0.1) is 0 Å². The number of aryl methyl sites for hydroxylation is 1. The molecule has 0 unspecified atom stereocenters. The van der Waals surface area contributed by atoms with Crippen LogP contribution in [-0.4, -0.2) is 0 Å². The fraction of sp³-hybridized carbons (Fsp3) is 0.300. The van der Waals surface area contributed by atoms with E-state index in [1.165, 1.54) is 39.2 Å². The van der Waals surface area contributed by atoms with Crippen LogP contribution in [0.3, 0.4) is 0 Å². The summed E-state index contributed by atoms with van der Waals surface area (Å²) in [5.74, 6) is 0. The maximum Gasteiger partial charge on any atom is 0.0423 e. The zero-order valence-electron chi connectivity index (χ0n) is 13.2. The van der Waals surface area contributed by atoms with Gasteiger partial charge in [-0.3, -0.25) is 0 Å². The van der Waals surface area contributed by atoms with E-state index in [2.05, 4.69) is 68.6 Å². The number of hydrogen-bond donors (Lipinski definition) is 1. The van der Waals surface area contributed by atoms with E-state index in [1.807, 2.05) is 0 Å². The Morgan fingerprint density at radius 1 is 1.05 bits per heavy atom. The number of benzene rings is 2. The smallest absolute Gasteiger partial charge is 0.0423 e. The van der Waals surface area contributed by atoms with Crippen LogP contribution in [0.5, 0.6) is 0 Å².